The van der Waals surface area contributed by atoms with E-state index in [1.807, 2.05) is 0 Å². The van der Waals surface area contributed by atoms with E-state index in [-0.39, 0.29) is 11.7 Å². The van der Waals surface area contributed by atoms with Crippen molar-refractivity contribution in [3.8, 4) is 0 Å². The average Bonchev–Trinajstić information content (AvgIpc) is 2.53. The van der Waals surface area contributed by atoms with Crippen molar-refractivity contribution in [3.05, 3.63) is 41.6 Å². The highest BCUT2D eigenvalue weighted by Gasteiger charge is 2.25. The summed E-state index contributed by atoms with van der Waals surface area (Å²) < 4.78 is 13.2. The van der Waals surface area contributed by atoms with Gasteiger partial charge in [-0.1, -0.05) is 18.2 Å². The molecule has 0 atom stereocenters. The molecule has 1 aromatic carbocycles. The van der Waals surface area contributed by atoms with Crippen molar-refractivity contribution in [1.82, 2.24) is 5.32 Å². The van der Waals surface area contributed by atoms with Gasteiger partial charge in [0.2, 0.25) is 5.91 Å². The fourth-order valence-corrected chi connectivity index (χ4v) is 1.46. The lowest BCUT2D eigenvalue weighted by Crippen LogP contribution is -2.13. The first-order valence-electron chi connectivity index (χ1n) is 4.13. The fraction of sp³-hybridized carbons (Fsp3) is 0.200. The highest BCUT2D eigenvalue weighted by Crippen LogP contribution is 2.23. The van der Waals surface area contributed by atoms with Crippen molar-refractivity contribution in [3.63, 3.8) is 0 Å². The molecular weight excluding hydrogens is 169 g/mol. The number of halogens is 1. The summed E-state index contributed by atoms with van der Waals surface area (Å²) in [5.41, 5.74) is 0.556. The SMILES string of the molecule is O=C1C[C](c2ccccc2F)CN1. The smallest absolute Gasteiger partial charge is 0.221 e. The lowest BCUT2D eigenvalue weighted by molar-refractivity contribution is -0.118. The Hall–Kier alpha value is -1.38. The molecule has 0 aliphatic carbocycles. The van der Waals surface area contributed by atoms with Gasteiger partial charge >= 0.3 is 0 Å². The second-order valence-electron chi connectivity index (χ2n) is 3.04. The summed E-state index contributed by atoms with van der Waals surface area (Å²) >= 11 is 0. The van der Waals surface area contributed by atoms with Crippen molar-refractivity contribution in [1.29, 1.82) is 0 Å². The summed E-state index contributed by atoms with van der Waals surface area (Å²) in [5, 5.41) is 2.65. The van der Waals surface area contributed by atoms with Gasteiger partial charge in [-0.15, -0.1) is 0 Å². The number of rotatable bonds is 1. The largest absolute Gasteiger partial charge is 0.355 e. The molecule has 1 radical (unpaired) electrons. The van der Waals surface area contributed by atoms with Gasteiger partial charge in [0.1, 0.15) is 5.82 Å². The minimum Gasteiger partial charge on any atom is -0.355 e. The van der Waals surface area contributed by atoms with Crippen LogP contribution in [0.1, 0.15) is 12.0 Å². The number of carbonyl (C=O) groups is 1. The van der Waals surface area contributed by atoms with Crippen LogP contribution >= 0.6 is 0 Å². The molecule has 1 amide bonds. The van der Waals surface area contributed by atoms with Crippen LogP contribution in [0.25, 0.3) is 0 Å². The first-order chi connectivity index (χ1) is 6.27. The zero-order chi connectivity index (χ0) is 9.26. The van der Waals surface area contributed by atoms with Gasteiger partial charge < -0.3 is 5.32 Å². The van der Waals surface area contributed by atoms with Crippen molar-refractivity contribution in [2.24, 2.45) is 0 Å². The highest BCUT2D eigenvalue weighted by molar-refractivity contribution is 5.82. The second-order valence-corrected chi connectivity index (χ2v) is 3.04. The summed E-state index contributed by atoms with van der Waals surface area (Å²) in [4.78, 5) is 10.9. The third-order valence-electron chi connectivity index (χ3n) is 2.13. The van der Waals surface area contributed by atoms with E-state index in [0.29, 0.717) is 18.5 Å². The Bertz CT molecular complexity index is 337. The molecule has 1 aliphatic heterocycles. The standard InChI is InChI=1S/C10H9FNO/c11-9-4-2-1-3-8(9)7-5-10(13)12-6-7/h1-4H,5-6H2,(H,12,13). The number of amides is 1. The van der Waals surface area contributed by atoms with Crippen LogP contribution in [0.4, 0.5) is 4.39 Å². The third kappa shape index (κ3) is 1.54. The Morgan fingerprint density at radius 3 is 2.69 bits per heavy atom. The molecule has 1 saturated heterocycles. The summed E-state index contributed by atoms with van der Waals surface area (Å²) in [6.07, 6.45) is 0.320. The zero-order valence-electron chi connectivity index (χ0n) is 7.01. The van der Waals surface area contributed by atoms with Gasteiger partial charge in [0.15, 0.2) is 0 Å². The van der Waals surface area contributed by atoms with Crippen LogP contribution in [0, 0.1) is 11.7 Å². The molecule has 67 valence electrons. The molecule has 0 aromatic heterocycles. The number of benzene rings is 1. The average molecular weight is 178 g/mol. The first-order valence-corrected chi connectivity index (χ1v) is 4.13. The molecule has 3 heteroatoms. The lowest BCUT2D eigenvalue weighted by atomic mass is 9.98. The van der Waals surface area contributed by atoms with E-state index < -0.39 is 0 Å². The van der Waals surface area contributed by atoms with E-state index >= 15 is 0 Å². The molecule has 1 fully saturated rings. The van der Waals surface area contributed by atoms with Crippen molar-refractivity contribution in [2.45, 2.75) is 6.42 Å². The van der Waals surface area contributed by atoms with Gasteiger partial charge in [-0.25, -0.2) is 4.39 Å². The van der Waals surface area contributed by atoms with Gasteiger partial charge in [0.25, 0.3) is 0 Å². The van der Waals surface area contributed by atoms with Crippen LogP contribution in [-0.2, 0) is 4.79 Å². The van der Waals surface area contributed by atoms with Crippen molar-refractivity contribution < 1.29 is 9.18 Å². The molecule has 0 bridgehead atoms. The van der Waals surface area contributed by atoms with Crippen molar-refractivity contribution in [2.75, 3.05) is 6.54 Å². The maximum atomic E-state index is 13.2. The molecule has 1 heterocycles. The Labute approximate surface area is 75.8 Å². The van der Waals surface area contributed by atoms with Crippen LogP contribution in [0.15, 0.2) is 24.3 Å². The van der Waals surface area contributed by atoms with E-state index in [9.17, 15) is 9.18 Å². The Kier molecular flexibility index (Phi) is 2.00. The third-order valence-corrected chi connectivity index (χ3v) is 2.13. The normalized spacial score (nSPS) is 17.5. The summed E-state index contributed by atoms with van der Waals surface area (Å²) in [7, 11) is 0. The molecule has 1 aromatic rings. The monoisotopic (exact) mass is 178 g/mol. The molecular formula is C10H9FNO. The molecule has 0 spiro atoms. The van der Waals surface area contributed by atoms with E-state index in [4.69, 9.17) is 0 Å². The van der Waals surface area contributed by atoms with Crippen LogP contribution in [-0.4, -0.2) is 12.5 Å². The van der Waals surface area contributed by atoms with Crippen LogP contribution in [0.2, 0.25) is 0 Å². The fourth-order valence-electron chi connectivity index (χ4n) is 1.46. The van der Waals surface area contributed by atoms with Gasteiger partial charge in [0, 0.05) is 18.9 Å². The van der Waals surface area contributed by atoms with Crippen molar-refractivity contribution >= 4 is 5.91 Å². The Balaban J connectivity index is 2.26. The quantitative estimate of drug-likeness (QED) is 0.689. The van der Waals surface area contributed by atoms with E-state index in [0.717, 1.165) is 5.92 Å². The maximum absolute atomic E-state index is 13.2. The topological polar surface area (TPSA) is 29.1 Å². The van der Waals surface area contributed by atoms with Gasteiger partial charge in [-0.05, 0) is 11.6 Å². The van der Waals surface area contributed by atoms with Crippen LogP contribution < -0.4 is 5.32 Å². The molecule has 2 rings (SSSR count). The molecule has 13 heavy (non-hydrogen) atoms. The zero-order valence-corrected chi connectivity index (χ0v) is 7.01. The molecule has 1 N–H and O–H groups in total. The lowest BCUT2D eigenvalue weighted by Gasteiger charge is -2.06. The van der Waals surface area contributed by atoms with E-state index in [2.05, 4.69) is 5.32 Å². The Morgan fingerprint density at radius 2 is 2.08 bits per heavy atom. The highest BCUT2D eigenvalue weighted by atomic mass is 19.1. The van der Waals surface area contributed by atoms with E-state index in [1.165, 1.54) is 6.07 Å². The maximum Gasteiger partial charge on any atom is 0.221 e. The van der Waals surface area contributed by atoms with E-state index in [1.54, 1.807) is 18.2 Å². The summed E-state index contributed by atoms with van der Waals surface area (Å²) in [5.74, 6) is 0.551. The number of carbonyl (C=O) groups excluding carboxylic acids is 1. The van der Waals surface area contributed by atoms with Crippen LogP contribution in [0.5, 0.6) is 0 Å². The van der Waals surface area contributed by atoms with Gasteiger partial charge in [-0.2, -0.15) is 0 Å². The van der Waals surface area contributed by atoms with Crippen LogP contribution in [0.3, 0.4) is 0 Å². The Morgan fingerprint density at radius 1 is 1.31 bits per heavy atom. The molecule has 2 nitrogen and oxygen atoms in total. The number of hydrogen-bond acceptors (Lipinski definition) is 1. The predicted octanol–water partition coefficient (Wildman–Crippen LogP) is 1.27. The first kappa shape index (κ1) is 8.23. The molecule has 0 saturated carbocycles. The van der Waals surface area contributed by atoms with Gasteiger partial charge in [0.05, 0.1) is 0 Å². The summed E-state index contributed by atoms with van der Waals surface area (Å²) in [6, 6.07) is 6.52. The van der Waals surface area contributed by atoms with Gasteiger partial charge in [-0.3, -0.25) is 4.79 Å². The molecule has 0 unspecified atom stereocenters. The predicted molar refractivity (Wildman–Crippen MR) is 46.4 cm³/mol. The number of hydrogen-bond donors (Lipinski definition) is 1. The molecule has 1 aliphatic rings. The second kappa shape index (κ2) is 3.17. The minimum atomic E-state index is -0.256. The number of nitrogens with one attached hydrogen (secondary N) is 1. The summed E-state index contributed by atoms with van der Waals surface area (Å²) in [6.45, 7) is 0.472. The minimum absolute atomic E-state index is 0.0294.